The second-order valence-corrected chi connectivity index (χ2v) is 6.09. The van der Waals surface area contributed by atoms with Crippen LogP contribution in [-0.4, -0.2) is 37.6 Å². The van der Waals surface area contributed by atoms with Gasteiger partial charge in [0.25, 0.3) is 5.91 Å². The van der Waals surface area contributed by atoms with Crippen molar-refractivity contribution in [3.63, 3.8) is 0 Å². The Morgan fingerprint density at radius 3 is 2.88 bits per heavy atom. The Balaban J connectivity index is 1.63. The minimum atomic E-state index is 0.0722. The van der Waals surface area contributed by atoms with Crippen molar-refractivity contribution in [2.75, 3.05) is 26.7 Å². The molecule has 1 aromatic carbocycles. The largest absolute Gasteiger partial charge is 0.497 e. The van der Waals surface area contributed by atoms with Crippen molar-refractivity contribution in [3.05, 3.63) is 64.6 Å². The lowest BCUT2D eigenvalue weighted by atomic mass is 9.87. The van der Waals surface area contributed by atoms with Crippen LogP contribution in [-0.2, 0) is 0 Å². The molecule has 1 aromatic rings. The number of methoxy groups -OCH3 is 1. The number of amides is 1. The third-order valence-corrected chi connectivity index (χ3v) is 4.60. The molecule has 0 saturated carbocycles. The van der Waals surface area contributed by atoms with Crippen LogP contribution in [0, 0.1) is 5.92 Å². The van der Waals surface area contributed by atoms with E-state index in [1.54, 1.807) is 13.2 Å². The molecular weight excluding hydrogens is 300 g/mol. The van der Waals surface area contributed by atoms with Gasteiger partial charge in [-0.15, -0.1) is 0 Å². The molecule has 2 aliphatic rings. The predicted octanol–water partition coefficient (Wildman–Crippen LogP) is 2.68. The molecule has 2 N–H and O–H groups in total. The van der Waals surface area contributed by atoms with Crippen molar-refractivity contribution >= 4 is 5.91 Å². The van der Waals surface area contributed by atoms with E-state index in [0.29, 0.717) is 23.8 Å². The van der Waals surface area contributed by atoms with Gasteiger partial charge in [0.1, 0.15) is 5.75 Å². The summed E-state index contributed by atoms with van der Waals surface area (Å²) in [5.41, 5.74) is 14.7. The van der Waals surface area contributed by atoms with E-state index < -0.39 is 0 Å². The molecule has 0 bridgehead atoms. The van der Waals surface area contributed by atoms with Crippen LogP contribution in [0.2, 0.25) is 0 Å². The van der Waals surface area contributed by atoms with E-state index in [1.165, 1.54) is 5.57 Å². The molecule has 4 nitrogen and oxygen atoms in total. The number of nitrogens with zero attached hydrogens (tertiary/aromatic N) is 1. The second kappa shape index (κ2) is 7.37. The summed E-state index contributed by atoms with van der Waals surface area (Å²) in [6.07, 6.45) is 6.01. The Kier molecular flexibility index (Phi) is 5.02. The first kappa shape index (κ1) is 16.4. The number of carbonyl (C=O) groups excluding carboxylic acids is 1. The van der Waals surface area contributed by atoms with Crippen LogP contribution < -0.4 is 10.5 Å². The fourth-order valence-electron chi connectivity index (χ4n) is 3.19. The SMILES string of the molecule is COc1cccc(C(=O)N2CCC(C3=CC(CN)=C=C=C3)CC2)c1. The summed E-state index contributed by atoms with van der Waals surface area (Å²) in [5.74, 6) is 1.24. The topological polar surface area (TPSA) is 55.6 Å². The van der Waals surface area contributed by atoms with E-state index >= 15 is 0 Å². The molecule has 24 heavy (non-hydrogen) atoms. The fraction of sp³-hybridized carbons (Fsp3) is 0.350. The van der Waals surface area contributed by atoms with Crippen LogP contribution in [0.15, 0.2) is 59.0 Å². The Morgan fingerprint density at radius 1 is 1.38 bits per heavy atom. The average molecular weight is 322 g/mol. The molecule has 1 aliphatic carbocycles. The third kappa shape index (κ3) is 3.52. The number of benzene rings is 1. The van der Waals surface area contributed by atoms with Gasteiger partial charge < -0.3 is 15.4 Å². The number of hydrogen-bond donors (Lipinski definition) is 1. The van der Waals surface area contributed by atoms with Crippen molar-refractivity contribution in [1.82, 2.24) is 4.90 Å². The highest BCUT2D eigenvalue weighted by molar-refractivity contribution is 5.94. The molecule has 124 valence electrons. The molecule has 1 aliphatic heterocycles. The van der Waals surface area contributed by atoms with Crippen LogP contribution in [0.5, 0.6) is 5.75 Å². The Morgan fingerprint density at radius 2 is 2.17 bits per heavy atom. The van der Waals surface area contributed by atoms with Gasteiger partial charge in [-0.25, -0.2) is 0 Å². The maximum absolute atomic E-state index is 12.7. The standard InChI is InChI=1S/C20H22N2O2/c1-24-19-7-3-6-18(13-19)20(23)22-10-8-16(9-11-22)17-5-2-4-15(12-17)14-21/h3,5-7,12-13,16H,8-11,14,21H2,1H3. The Labute approximate surface area is 142 Å². The molecule has 0 unspecified atom stereocenters. The van der Waals surface area contributed by atoms with E-state index in [1.807, 2.05) is 29.2 Å². The van der Waals surface area contributed by atoms with Gasteiger partial charge in [-0.2, -0.15) is 0 Å². The van der Waals surface area contributed by atoms with Gasteiger partial charge in [0.15, 0.2) is 0 Å². The highest BCUT2D eigenvalue weighted by Gasteiger charge is 2.25. The number of rotatable bonds is 4. The summed E-state index contributed by atoms with van der Waals surface area (Å²) in [5, 5.41) is 0. The number of carbonyl (C=O) groups is 1. The smallest absolute Gasteiger partial charge is 0.253 e. The highest BCUT2D eigenvalue weighted by atomic mass is 16.5. The van der Waals surface area contributed by atoms with E-state index in [4.69, 9.17) is 10.5 Å². The lowest BCUT2D eigenvalue weighted by Gasteiger charge is -2.33. The maximum atomic E-state index is 12.7. The molecule has 0 aromatic heterocycles. The summed E-state index contributed by atoms with van der Waals surface area (Å²) < 4.78 is 5.20. The molecular formula is C20H22N2O2. The lowest BCUT2D eigenvalue weighted by molar-refractivity contribution is 0.0702. The number of piperidine rings is 1. The third-order valence-electron chi connectivity index (χ3n) is 4.60. The zero-order chi connectivity index (χ0) is 16.9. The van der Waals surface area contributed by atoms with Crippen molar-refractivity contribution in [3.8, 4) is 5.75 Å². The predicted molar refractivity (Wildman–Crippen MR) is 93.9 cm³/mol. The van der Waals surface area contributed by atoms with Crippen molar-refractivity contribution in [2.45, 2.75) is 12.8 Å². The molecule has 0 radical (unpaired) electrons. The van der Waals surface area contributed by atoms with Gasteiger partial charge in [-0.3, -0.25) is 4.79 Å². The average Bonchev–Trinajstić information content (AvgIpc) is 2.67. The van der Waals surface area contributed by atoms with Crippen LogP contribution in [0.3, 0.4) is 0 Å². The summed E-state index contributed by atoms with van der Waals surface area (Å²) >= 11 is 0. The maximum Gasteiger partial charge on any atom is 0.253 e. The van der Waals surface area contributed by atoms with Gasteiger partial charge >= 0.3 is 0 Å². The van der Waals surface area contributed by atoms with Gasteiger partial charge in [0.2, 0.25) is 0 Å². The number of nitrogens with two attached hydrogens (primary N) is 1. The van der Waals surface area contributed by atoms with Crippen molar-refractivity contribution in [1.29, 1.82) is 0 Å². The number of likely N-dealkylation sites (tertiary alicyclic amines) is 1. The van der Waals surface area contributed by atoms with Crippen LogP contribution in [0.4, 0.5) is 0 Å². The van der Waals surface area contributed by atoms with Crippen LogP contribution in [0.1, 0.15) is 23.2 Å². The molecule has 1 amide bonds. The summed E-state index contributed by atoms with van der Waals surface area (Å²) in [6, 6.07) is 7.33. The Hall–Kier alpha value is -2.51. The normalized spacial score (nSPS) is 17.5. The molecule has 1 heterocycles. The first-order chi connectivity index (χ1) is 11.7. The van der Waals surface area contributed by atoms with E-state index in [2.05, 4.69) is 17.5 Å². The number of allylic oxidation sites excluding steroid dienone is 2. The zero-order valence-electron chi connectivity index (χ0n) is 13.9. The second-order valence-electron chi connectivity index (χ2n) is 6.09. The van der Waals surface area contributed by atoms with E-state index in [-0.39, 0.29) is 5.91 Å². The summed E-state index contributed by atoms with van der Waals surface area (Å²) in [4.78, 5) is 14.6. The molecule has 1 saturated heterocycles. The first-order valence-electron chi connectivity index (χ1n) is 8.27. The fourth-order valence-corrected chi connectivity index (χ4v) is 3.19. The lowest BCUT2D eigenvalue weighted by Crippen LogP contribution is -2.38. The molecule has 4 heteroatoms. The summed E-state index contributed by atoms with van der Waals surface area (Å²) in [7, 11) is 1.61. The van der Waals surface area contributed by atoms with E-state index in [9.17, 15) is 4.79 Å². The van der Waals surface area contributed by atoms with E-state index in [0.717, 1.165) is 31.5 Å². The monoisotopic (exact) mass is 322 g/mol. The van der Waals surface area contributed by atoms with Crippen molar-refractivity contribution < 1.29 is 9.53 Å². The number of ether oxygens (including phenoxy) is 1. The van der Waals surface area contributed by atoms with Crippen LogP contribution in [0.25, 0.3) is 0 Å². The van der Waals surface area contributed by atoms with Gasteiger partial charge in [-0.1, -0.05) is 17.5 Å². The molecule has 0 spiro atoms. The van der Waals surface area contributed by atoms with Crippen LogP contribution >= 0.6 is 0 Å². The minimum absolute atomic E-state index is 0.0722. The molecule has 0 atom stereocenters. The Bertz CT molecular complexity index is 758. The molecule has 1 fully saturated rings. The van der Waals surface area contributed by atoms with Gasteiger partial charge in [-0.05, 0) is 54.7 Å². The molecule has 3 rings (SSSR count). The van der Waals surface area contributed by atoms with Gasteiger partial charge in [0.05, 0.1) is 7.11 Å². The minimum Gasteiger partial charge on any atom is -0.497 e. The zero-order valence-corrected chi connectivity index (χ0v) is 13.9. The van der Waals surface area contributed by atoms with Crippen molar-refractivity contribution in [2.24, 2.45) is 11.7 Å². The van der Waals surface area contributed by atoms with Gasteiger partial charge in [0, 0.05) is 30.8 Å². The first-order valence-corrected chi connectivity index (χ1v) is 8.27. The summed E-state index contributed by atoms with van der Waals surface area (Å²) in [6.45, 7) is 2.01. The number of hydrogen-bond acceptors (Lipinski definition) is 3. The highest BCUT2D eigenvalue weighted by Crippen LogP contribution is 2.28. The quantitative estimate of drug-likeness (QED) is 0.867.